The van der Waals surface area contributed by atoms with Gasteiger partial charge in [-0.1, -0.05) is 152 Å². The van der Waals surface area contributed by atoms with Crippen molar-refractivity contribution in [2.75, 3.05) is 9.80 Å². The van der Waals surface area contributed by atoms with Crippen LogP contribution in [-0.4, -0.2) is 0 Å². The van der Waals surface area contributed by atoms with Crippen LogP contribution in [-0.2, 0) is 0 Å². The molecule has 9 rings (SSSR count). The average Bonchev–Trinajstić information content (AvgIpc) is 3.31. The van der Waals surface area contributed by atoms with Crippen molar-refractivity contribution in [3.05, 3.63) is 245 Å². The molecule has 0 saturated heterocycles. The molecule has 9 aromatic rings. The lowest BCUT2D eigenvalue weighted by Crippen LogP contribution is -2.09. The number of hydrogen-bond acceptors (Lipinski definition) is 3. The van der Waals surface area contributed by atoms with Gasteiger partial charge < -0.3 is 9.80 Å². The molecular formula is C56H38N4. The van der Waals surface area contributed by atoms with Gasteiger partial charge in [0.15, 0.2) is 0 Å². The number of para-hydroxylation sites is 4. The Hall–Kier alpha value is -8.44. The Morgan fingerprint density at radius 2 is 0.700 bits per heavy atom. The third-order valence-electron chi connectivity index (χ3n) is 10.7. The van der Waals surface area contributed by atoms with E-state index in [0.29, 0.717) is 11.3 Å². The summed E-state index contributed by atoms with van der Waals surface area (Å²) in [6.07, 6.45) is 8.29. The summed E-state index contributed by atoms with van der Waals surface area (Å²) >= 11 is 0. The second-order valence-electron chi connectivity index (χ2n) is 14.4. The van der Waals surface area contributed by atoms with E-state index in [0.717, 1.165) is 77.9 Å². The summed E-state index contributed by atoms with van der Waals surface area (Å²) in [6.45, 7) is 8.23. The minimum Gasteiger partial charge on any atom is -0.311 e. The van der Waals surface area contributed by atoms with E-state index in [1.54, 1.807) is 0 Å². The van der Waals surface area contributed by atoms with E-state index in [2.05, 4.69) is 191 Å². The van der Waals surface area contributed by atoms with Crippen LogP contribution in [0.3, 0.4) is 0 Å². The minimum absolute atomic E-state index is 0.549. The fraction of sp³-hybridized carbons (Fsp3) is 0. The van der Waals surface area contributed by atoms with Crippen molar-refractivity contribution in [2.24, 2.45) is 0 Å². The summed E-state index contributed by atoms with van der Waals surface area (Å²) in [5.74, 6) is 0. The molecule has 0 aromatic heterocycles. The third-order valence-corrected chi connectivity index (χ3v) is 10.7. The maximum atomic E-state index is 10.5. The highest BCUT2D eigenvalue weighted by Gasteiger charge is 2.16. The molecule has 0 saturated carbocycles. The van der Waals surface area contributed by atoms with Gasteiger partial charge in [-0.2, -0.15) is 5.26 Å². The van der Waals surface area contributed by atoms with Crippen LogP contribution < -0.4 is 9.80 Å². The van der Waals surface area contributed by atoms with Crippen LogP contribution >= 0.6 is 0 Å². The van der Waals surface area contributed by atoms with Crippen molar-refractivity contribution in [3.8, 4) is 6.07 Å². The normalized spacial score (nSPS) is 11.2. The second kappa shape index (κ2) is 17.0. The molecule has 0 N–H and O–H groups in total. The highest BCUT2D eigenvalue weighted by Crippen LogP contribution is 2.40. The van der Waals surface area contributed by atoms with Crippen LogP contribution in [0.25, 0.3) is 50.7 Å². The lowest BCUT2D eigenvalue weighted by molar-refractivity contribution is 1.28. The molecule has 0 atom stereocenters. The van der Waals surface area contributed by atoms with Gasteiger partial charge in [-0.3, -0.25) is 0 Å². The summed E-state index contributed by atoms with van der Waals surface area (Å²) in [7, 11) is 0. The van der Waals surface area contributed by atoms with Crippen LogP contribution in [0.5, 0.6) is 0 Å². The van der Waals surface area contributed by atoms with Gasteiger partial charge in [0.05, 0.1) is 12.1 Å². The topological polar surface area (TPSA) is 34.6 Å². The van der Waals surface area contributed by atoms with Crippen LogP contribution in [0, 0.1) is 17.9 Å². The maximum Gasteiger partial charge on any atom is 0.202 e. The predicted molar refractivity (Wildman–Crippen MR) is 253 cm³/mol. The number of hydrogen-bond donors (Lipinski definition) is 0. The van der Waals surface area contributed by atoms with Gasteiger partial charge in [0.2, 0.25) is 5.69 Å². The Labute approximate surface area is 350 Å². The van der Waals surface area contributed by atoms with E-state index in [9.17, 15) is 5.26 Å². The molecular weight excluding hydrogens is 729 g/mol. The summed E-state index contributed by atoms with van der Waals surface area (Å²) in [6, 6.07) is 72.9. The molecule has 60 heavy (non-hydrogen) atoms. The van der Waals surface area contributed by atoms with Gasteiger partial charge in [0, 0.05) is 34.1 Å². The van der Waals surface area contributed by atoms with Crippen molar-refractivity contribution >= 4 is 85.7 Å². The van der Waals surface area contributed by atoms with Crippen LogP contribution in [0.1, 0.15) is 27.8 Å². The molecule has 0 aliphatic heterocycles. The number of anilines is 6. The van der Waals surface area contributed by atoms with Crippen LogP contribution in [0.4, 0.5) is 39.8 Å². The fourth-order valence-electron chi connectivity index (χ4n) is 7.75. The average molecular weight is 767 g/mol. The molecule has 0 unspecified atom stereocenters. The van der Waals surface area contributed by atoms with E-state index in [1.165, 1.54) is 0 Å². The molecule has 9 aromatic carbocycles. The number of nitrogens with zero attached hydrogens (tertiary/aromatic N) is 4. The molecule has 0 aliphatic rings. The highest BCUT2D eigenvalue weighted by atomic mass is 15.1. The molecule has 0 fully saturated rings. The standard InChI is InChI=1S/C56H38N4/c1-58-56-52-37-31-43(24-22-41-26-32-49(33-27-41)59(45-14-6-2-7-15-45)46-16-8-3-9-17-46)38-53(52)55(40-57)51-36-30-44(39-54(51)56)25-23-42-28-34-50(35-29-42)60(47-18-10-4-11-19-47)48-20-12-5-13-21-48/h2-39H. The first-order valence-corrected chi connectivity index (χ1v) is 19.8. The van der Waals surface area contributed by atoms with Gasteiger partial charge in [0.25, 0.3) is 0 Å². The van der Waals surface area contributed by atoms with E-state index in [1.807, 2.05) is 60.7 Å². The van der Waals surface area contributed by atoms with Crippen molar-refractivity contribution in [1.82, 2.24) is 0 Å². The number of nitriles is 1. The van der Waals surface area contributed by atoms with E-state index >= 15 is 0 Å². The molecule has 0 bridgehead atoms. The Morgan fingerprint density at radius 1 is 0.367 bits per heavy atom. The Morgan fingerprint density at radius 3 is 1.08 bits per heavy atom. The second-order valence-corrected chi connectivity index (χ2v) is 14.4. The SMILES string of the molecule is [C-]#[N+]c1c2ccc(C=Cc3ccc(N(c4ccccc4)c4ccccc4)cc3)cc2c(C#N)c2ccc(C=Cc3ccc(N(c4ccccc4)c4ccccc4)cc3)cc12. The zero-order chi connectivity index (χ0) is 40.7. The number of benzene rings is 9. The maximum absolute atomic E-state index is 10.5. The van der Waals surface area contributed by atoms with Crippen molar-refractivity contribution < 1.29 is 0 Å². The molecule has 4 nitrogen and oxygen atoms in total. The van der Waals surface area contributed by atoms with Crippen molar-refractivity contribution in [1.29, 1.82) is 5.26 Å². The lowest BCUT2D eigenvalue weighted by atomic mass is 9.93. The first-order chi connectivity index (χ1) is 29.7. The van der Waals surface area contributed by atoms with Gasteiger partial charge in [-0.15, -0.1) is 0 Å². The van der Waals surface area contributed by atoms with Gasteiger partial charge >= 0.3 is 0 Å². The molecule has 282 valence electrons. The molecule has 0 aliphatic carbocycles. The van der Waals surface area contributed by atoms with Crippen molar-refractivity contribution in [3.63, 3.8) is 0 Å². The zero-order valence-electron chi connectivity index (χ0n) is 32.7. The van der Waals surface area contributed by atoms with Gasteiger partial charge in [0.1, 0.15) is 6.07 Å². The fourth-order valence-corrected chi connectivity index (χ4v) is 7.75. The van der Waals surface area contributed by atoms with E-state index in [4.69, 9.17) is 6.57 Å². The molecule has 4 heteroatoms. The first kappa shape index (κ1) is 37.2. The van der Waals surface area contributed by atoms with Crippen LogP contribution in [0.15, 0.2) is 206 Å². The van der Waals surface area contributed by atoms with E-state index < -0.39 is 0 Å². The minimum atomic E-state index is 0.549. The van der Waals surface area contributed by atoms with E-state index in [-0.39, 0.29) is 0 Å². The smallest absolute Gasteiger partial charge is 0.202 e. The zero-order valence-corrected chi connectivity index (χ0v) is 32.7. The Kier molecular flexibility index (Phi) is 10.5. The monoisotopic (exact) mass is 766 g/mol. The Bertz CT molecular complexity index is 2780. The van der Waals surface area contributed by atoms with Crippen molar-refractivity contribution in [2.45, 2.75) is 0 Å². The van der Waals surface area contributed by atoms with Gasteiger partial charge in [-0.25, -0.2) is 4.85 Å². The number of rotatable bonds is 10. The Balaban J connectivity index is 0.975. The molecule has 0 spiro atoms. The van der Waals surface area contributed by atoms with Crippen LogP contribution in [0.2, 0.25) is 0 Å². The highest BCUT2D eigenvalue weighted by molar-refractivity contribution is 6.16. The summed E-state index contributed by atoms with van der Waals surface area (Å²) < 4.78 is 0. The predicted octanol–water partition coefficient (Wildman–Crippen LogP) is 15.7. The molecule has 0 amide bonds. The third kappa shape index (κ3) is 7.65. The summed E-state index contributed by atoms with van der Waals surface area (Å²) in [5.41, 5.74) is 11.6. The molecule has 0 heterocycles. The largest absolute Gasteiger partial charge is 0.311 e. The lowest BCUT2D eigenvalue weighted by Gasteiger charge is -2.25. The summed E-state index contributed by atoms with van der Waals surface area (Å²) in [5, 5.41) is 13.6. The number of fused-ring (bicyclic) bond motifs is 2. The summed E-state index contributed by atoms with van der Waals surface area (Å²) in [4.78, 5) is 8.50. The quantitative estimate of drug-likeness (QED) is 0.0790. The first-order valence-electron chi connectivity index (χ1n) is 19.8. The molecule has 0 radical (unpaired) electrons. The van der Waals surface area contributed by atoms with Gasteiger partial charge in [-0.05, 0) is 123 Å².